The molecule has 0 aliphatic carbocycles. The van der Waals surface area contributed by atoms with Gasteiger partial charge < -0.3 is 14.6 Å². The van der Waals surface area contributed by atoms with Gasteiger partial charge in [-0.3, -0.25) is 4.79 Å². The summed E-state index contributed by atoms with van der Waals surface area (Å²) in [6.07, 6.45) is -5.07. The zero-order valence-electron chi connectivity index (χ0n) is 15.0. The van der Waals surface area contributed by atoms with Crippen molar-refractivity contribution in [2.24, 2.45) is 0 Å². The fourth-order valence-corrected chi connectivity index (χ4v) is 3.55. The number of alkyl halides is 3. The summed E-state index contributed by atoms with van der Waals surface area (Å²) in [5.41, 5.74) is 0.212. The van der Waals surface area contributed by atoms with Gasteiger partial charge in [-0.1, -0.05) is 22.2 Å². The molecule has 0 amide bonds. The first kappa shape index (κ1) is 22.3. The number of aromatic nitrogens is 2. The second-order valence-electron chi connectivity index (χ2n) is 6.01. The van der Waals surface area contributed by atoms with Crippen molar-refractivity contribution in [3.05, 3.63) is 51.8 Å². The lowest BCUT2D eigenvalue weighted by Crippen LogP contribution is -2.17. The van der Waals surface area contributed by atoms with Gasteiger partial charge in [0.05, 0.1) is 17.9 Å². The maximum absolute atomic E-state index is 15.1. The van der Waals surface area contributed by atoms with Crippen LogP contribution in [0.2, 0.25) is 5.02 Å². The minimum Gasteiger partial charge on any atom is -0.406 e. The fraction of sp³-hybridized carbons (Fsp3) is 0.278. The molecule has 160 valence electrons. The summed E-state index contributed by atoms with van der Waals surface area (Å²) in [6.45, 7) is -0.745. The molecule has 0 fully saturated rings. The Bertz CT molecular complexity index is 1070. The summed E-state index contributed by atoms with van der Waals surface area (Å²) < 4.78 is 65.0. The van der Waals surface area contributed by atoms with Crippen LogP contribution in [-0.2, 0) is 11.2 Å². The molecule has 3 rings (SSSR count). The fourth-order valence-electron chi connectivity index (χ4n) is 2.71. The Kier molecular flexibility index (Phi) is 6.86. The maximum Gasteiger partial charge on any atom is 0.573 e. The number of hydrogen-bond acceptors (Lipinski definition) is 7. The first-order valence-electron chi connectivity index (χ1n) is 8.39. The highest BCUT2D eigenvalue weighted by molar-refractivity contribution is 7.12. The molecular weight excluding hydrogens is 452 g/mol. The van der Waals surface area contributed by atoms with E-state index in [2.05, 4.69) is 14.3 Å². The van der Waals surface area contributed by atoms with Crippen LogP contribution >= 0.6 is 23.1 Å². The van der Waals surface area contributed by atoms with Crippen LogP contribution in [0.3, 0.4) is 0 Å². The van der Waals surface area contributed by atoms with E-state index in [9.17, 15) is 18.0 Å². The number of nitrogens with zero attached hydrogens (tertiary/aromatic N) is 2. The number of fused-ring (bicyclic) bond motifs is 1. The van der Waals surface area contributed by atoms with Crippen LogP contribution in [0.15, 0.2) is 24.3 Å². The smallest absolute Gasteiger partial charge is 0.406 e. The van der Waals surface area contributed by atoms with Gasteiger partial charge in [-0.25, -0.2) is 4.39 Å². The standard InChI is InChI=1S/C18H13ClF4N2O4S/c19-13-6-10(29-18(21,22)23)2-1-9(13)5-12-11(14(27)8-28-4-3-26)7-15-17(16(12)20)24-25-30-15/h1-2,6-7,26H,3-5,8H2. The second-order valence-corrected chi connectivity index (χ2v) is 7.21. The molecule has 1 N–H and O–H groups in total. The lowest BCUT2D eigenvalue weighted by molar-refractivity contribution is -0.274. The van der Waals surface area contributed by atoms with Crippen LogP contribution in [0.4, 0.5) is 17.6 Å². The van der Waals surface area contributed by atoms with Crippen LogP contribution in [0.25, 0.3) is 10.2 Å². The highest BCUT2D eigenvalue weighted by Crippen LogP contribution is 2.32. The Morgan fingerprint density at radius 2 is 2.03 bits per heavy atom. The van der Waals surface area contributed by atoms with Crippen molar-refractivity contribution in [2.45, 2.75) is 12.8 Å². The Labute approximate surface area is 176 Å². The molecule has 1 aromatic heterocycles. The molecule has 0 aliphatic rings. The van der Waals surface area contributed by atoms with Crippen LogP contribution in [0.1, 0.15) is 21.5 Å². The molecule has 0 unspecified atom stereocenters. The number of ether oxygens (including phenoxy) is 2. The molecule has 2 aromatic carbocycles. The van der Waals surface area contributed by atoms with Crippen molar-refractivity contribution in [3.63, 3.8) is 0 Å². The number of ketones is 1. The van der Waals surface area contributed by atoms with E-state index in [4.69, 9.17) is 21.4 Å². The van der Waals surface area contributed by atoms with Crippen LogP contribution in [-0.4, -0.2) is 46.7 Å². The summed E-state index contributed by atoms with van der Waals surface area (Å²) in [7, 11) is 0. The minimum absolute atomic E-state index is 0.00988. The molecule has 30 heavy (non-hydrogen) atoms. The van der Waals surface area contributed by atoms with Gasteiger partial charge in [0.25, 0.3) is 0 Å². The van der Waals surface area contributed by atoms with Gasteiger partial charge in [-0.2, -0.15) is 0 Å². The van der Waals surface area contributed by atoms with Gasteiger partial charge in [0.1, 0.15) is 17.9 Å². The van der Waals surface area contributed by atoms with E-state index < -0.39 is 30.3 Å². The normalized spacial score (nSPS) is 11.8. The predicted octanol–water partition coefficient (Wildman–Crippen LogP) is 4.16. The van der Waals surface area contributed by atoms with E-state index in [1.807, 2.05) is 0 Å². The monoisotopic (exact) mass is 464 g/mol. The van der Waals surface area contributed by atoms with Crippen molar-refractivity contribution < 1.29 is 36.9 Å². The number of carbonyl (C=O) groups excluding carboxylic acids is 1. The number of Topliss-reactive ketones (excluding diaryl/α,β-unsaturated/α-hetero) is 1. The highest BCUT2D eigenvalue weighted by Gasteiger charge is 2.31. The molecule has 0 atom stereocenters. The highest BCUT2D eigenvalue weighted by atomic mass is 35.5. The molecule has 6 nitrogen and oxygen atoms in total. The molecular formula is C18H13ClF4N2O4S. The van der Waals surface area contributed by atoms with E-state index in [1.165, 1.54) is 12.1 Å². The van der Waals surface area contributed by atoms with Crippen LogP contribution < -0.4 is 4.74 Å². The SMILES string of the molecule is O=C(COCCO)c1cc2snnc2c(F)c1Cc1ccc(OC(F)(F)F)cc1Cl. The number of aliphatic hydroxyl groups is 1. The van der Waals surface area contributed by atoms with Gasteiger partial charge in [0, 0.05) is 22.6 Å². The Morgan fingerprint density at radius 3 is 2.70 bits per heavy atom. The Hall–Kier alpha value is -2.34. The van der Waals surface area contributed by atoms with Crippen molar-refractivity contribution >= 4 is 39.1 Å². The molecule has 0 radical (unpaired) electrons. The third-order valence-corrected chi connectivity index (χ3v) is 5.00. The quantitative estimate of drug-likeness (QED) is 0.306. The average Bonchev–Trinajstić information content (AvgIpc) is 3.13. The summed E-state index contributed by atoms with van der Waals surface area (Å²) >= 11 is 6.96. The van der Waals surface area contributed by atoms with E-state index in [0.29, 0.717) is 4.70 Å². The minimum atomic E-state index is -4.88. The summed E-state index contributed by atoms with van der Waals surface area (Å²) in [6, 6.07) is 4.68. The zero-order chi connectivity index (χ0) is 21.9. The van der Waals surface area contributed by atoms with Gasteiger partial charge in [-0.05, 0) is 35.3 Å². The molecule has 1 heterocycles. The number of carbonyl (C=O) groups is 1. The summed E-state index contributed by atoms with van der Waals surface area (Å²) in [4.78, 5) is 12.6. The molecule has 0 aliphatic heterocycles. The summed E-state index contributed by atoms with van der Waals surface area (Å²) in [5.74, 6) is -1.84. The lowest BCUT2D eigenvalue weighted by Gasteiger charge is -2.13. The molecule has 0 saturated heterocycles. The van der Waals surface area contributed by atoms with E-state index >= 15 is 4.39 Å². The molecule has 0 bridgehead atoms. The topological polar surface area (TPSA) is 81.5 Å². The van der Waals surface area contributed by atoms with Gasteiger partial charge in [0.15, 0.2) is 11.6 Å². The third-order valence-electron chi connectivity index (χ3n) is 3.98. The van der Waals surface area contributed by atoms with E-state index in [1.54, 1.807) is 0 Å². The largest absolute Gasteiger partial charge is 0.573 e. The van der Waals surface area contributed by atoms with E-state index in [-0.39, 0.29) is 46.9 Å². The number of benzene rings is 2. The first-order valence-corrected chi connectivity index (χ1v) is 9.54. The maximum atomic E-state index is 15.1. The average molecular weight is 465 g/mol. The Morgan fingerprint density at radius 1 is 1.27 bits per heavy atom. The van der Waals surface area contributed by atoms with Crippen LogP contribution in [0, 0.1) is 5.82 Å². The van der Waals surface area contributed by atoms with E-state index in [0.717, 1.165) is 23.7 Å². The van der Waals surface area contributed by atoms with Gasteiger partial charge >= 0.3 is 6.36 Å². The number of aliphatic hydroxyl groups excluding tert-OH is 1. The number of rotatable bonds is 8. The first-order chi connectivity index (χ1) is 14.2. The molecule has 3 aromatic rings. The van der Waals surface area contributed by atoms with Crippen molar-refractivity contribution in [1.82, 2.24) is 9.59 Å². The van der Waals surface area contributed by atoms with Crippen molar-refractivity contribution in [2.75, 3.05) is 19.8 Å². The van der Waals surface area contributed by atoms with Crippen molar-refractivity contribution in [1.29, 1.82) is 0 Å². The third kappa shape index (κ3) is 5.22. The van der Waals surface area contributed by atoms with Crippen molar-refractivity contribution in [3.8, 4) is 5.75 Å². The molecule has 0 saturated carbocycles. The second kappa shape index (κ2) is 9.21. The van der Waals surface area contributed by atoms with Gasteiger partial charge in [-0.15, -0.1) is 18.3 Å². The lowest BCUT2D eigenvalue weighted by atomic mass is 9.96. The number of halogens is 5. The van der Waals surface area contributed by atoms with Crippen LogP contribution in [0.5, 0.6) is 5.75 Å². The predicted molar refractivity (Wildman–Crippen MR) is 101 cm³/mol. The molecule has 0 spiro atoms. The summed E-state index contributed by atoms with van der Waals surface area (Å²) in [5, 5.41) is 12.4. The Balaban J connectivity index is 1.97. The number of hydrogen-bond donors (Lipinski definition) is 1. The molecule has 12 heteroatoms. The zero-order valence-corrected chi connectivity index (χ0v) is 16.6. The van der Waals surface area contributed by atoms with Gasteiger partial charge in [0.2, 0.25) is 0 Å².